The minimum absolute atomic E-state index is 0. The minimum Gasteiger partial charge on any atom is -0.349 e. The highest BCUT2D eigenvalue weighted by molar-refractivity contribution is 6.32. The molecular formula is C22H25Cl2N5. The molecule has 0 unspecified atom stereocenters. The molecule has 1 aromatic carbocycles. The van der Waals surface area contributed by atoms with E-state index in [4.69, 9.17) is 11.6 Å². The van der Waals surface area contributed by atoms with Crippen LogP contribution in [0.2, 0.25) is 5.02 Å². The van der Waals surface area contributed by atoms with Crippen LogP contribution in [-0.2, 0) is 18.4 Å². The highest BCUT2D eigenvalue weighted by Crippen LogP contribution is 2.31. The Balaban J connectivity index is 0.00000240. The Morgan fingerprint density at radius 1 is 1.03 bits per heavy atom. The summed E-state index contributed by atoms with van der Waals surface area (Å²) in [5.74, 6) is 1.68. The summed E-state index contributed by atoms with van der Waals surface area (Å²) in [6, 6.07) is 12.3. The van der Waals surface area contributed by atoms with Crippen molar-refractivity contribution < 1.29 is 0 Å². The molecule has 0 bridgehead atoms. The standard InChI is InChI=1S/C22H24ClN5.ClH/c1-22(2,3)15-6-8-16(9-7-15)27-20-17-10-12-28(13-19(17)25-14-26-20)21-18(23)5-4-11-24-21;/h4-9,11,14H,10,12-13H2,1-3H3,(H,25,26,27);1H. The summed E-state index contributed by atoms with van der Waals surface area (Å²) < 4.78 is 0. The highest BCUT2D eigenvalue weighted by Gasteiger charge is 2.23. The van der Waals surface area contributed by atoms with Gasteiger partial charge in [0, 0.05) is 24.0 Å². The van der Waals surface area contributed by atoms with Gasteiger partial charge in [-0.15, -0.1) is 12.4 Å². The van der Waals surface area contributed by atoms with Crippen LogP contribution in [0.15, 0.2) is 48.9 Å². The molecule has 1 N–H and O–H groups in total. The lowest BCUT2D eigenvalue weighted by Crippen LogP contribution is -2.32. The number of hydrogen-bond acceptors (Lipinski definition) is 5. The van der Waals surface area contributed by atoms with Crippen LogP contribution < -0.4 is 10.2 Å². The van der Waals surface area contributed by atoms with Gasteiger partial charge in [0.2, 0.25) is 0 Å². The van der Waals surface area contributed by atoms with Crippen LogP contribution in [0.5, 0.6) is 0 Å². The van der Waals surface area contributed by atoms with Gasteiger partial charge in [0.15, 0.2) is 0 Å². The first-order valence-electron chi connectivity index (χ1n) is 9.47. The van der Waals surface area contributed by atoms with Gasteiger partial charge in [-0.05, 0) is 41.7 Å². The van der Waals surface area contributed by atoms with Crippen molar-refractivity contribution in [2.75, 3.05) is 16.8 Å². The summed E-state index contributed by atoms with van der Waals surface area (Å²) in [5, 5.41) is 4.13. The second-order valence-electron chi connectivity index (χ2n) is 8.08. The molecule has 1 aliphatic rings. The predicted molar refractivity (Wildman–Crippen MR) is 122 cm³/mol. The lowest BCUT2D eigenvalue weighted by atomic mass is 9.87. The van der Waals surface area contributed by atoms with Gasteiger partial charge >= 0.3 is 0 Å². The Morgan fingerprint density at radius 2 is 1.79 bits per heavy atom. The molecule has 1 aliphatic heterocycles. The van der Waals surface area contributed by atoms with E-state index in [0.29, 0.717) is 11.6 Å². The Kier molecular flexibility index (Phi) is 6.30. The van der Waals surface area contributed by atoms with Crippen LogP contribution in [0.25, 0.3) is 0 Å². The first-order chi connectivity index (χ1) is 13.4. The van der Waals surface area contributed by atoms with Gasteiger partial charge in [-0.25, -0.2) is 15.0 Å². The molecule has 3 aromatic rings. The SMILES string of the molecule is CC(C)(C)c1ccc(Nc2ncnc3c2CCN(c2ncccc2Cl)C3)cc1.Cl. The summed E-state index contributed by atoms with van der Waals surface area (Å²) in [6.07, 6.45) is 4.23. The Labute approximate surface area is 183 Å². The number of fused-ring (bicyclic) bond motifs is 1. The normalized spacial score (nSPS) is 13.4. The zero-order valence-corrected chi connectivity index (χ0v) is 18.4. The van der Waals surface area contributed by atoms with Gasteiger partial charge in [-0.2, -0.15) is 0 Å². The van der Waals surface area contributed by atoms with E-state index in [1.165, 1.54) is 5.56 Å². The topological polar surface area (TPSA) is 53.9 Å². The van der Waals surface area contributed by atoms with Gasteiger partial charge in [0.1, 0.15) is 18.0 Å². The molecule has 0 spiro atoms. The first kappa shape index (κ1) is 21.3. The zero-order chi connectivity index (χ0) is 19.7. The lowest BCUT2D eigenvalue weighted by molar-refractivity contribution is 0.590. The van der Waals surface area contributed by atoms with Gasteiger partial charge in [-0.3, -0.25) is 0 Å². The number of aromatic nitrogens is 3. The van der Waals surface area contributed by atoms with Crippen molar-refractivity contribution in [3.8, 4) is 0 Å². The second kappa shape index (κ2) is 8.56. The van der Waals surface area contributed by atoms with Gasteiger partial charge in [0.05, 0.1) is 17.3 Å². The van der Waals surface area contributed by atoms with Crippen molar-refractivity contribution >= 4 is 41.3 Å². The van der Waals surface area contributed by atoms with Gasteiger partial charge in [-0.1, -0.05) is 44.5 Å². The number of anilines is 3. The third-order valence-corrected chi connectivity index (χ3v) is 5.35. The van der Waals surface area contributed by atoms with Crippen LogP contribution in [-0.4, -0.2) is 21.5 Å². The summed E-state index contributed by atoms with van der Waals surface area (Å²) in [4.78, 5) is 15.6. The Hall–Kier alpha value is -2.37. The van der Waals surface area contributed by atoms with Crippen LogP contribution in [0, 0.1) is 0 Å². The van der Waals surface area contributed by atoms with E-state index in [2.05, 4.69) is 70.2 Å². The van der Waals surface area contributed by atoms with Crippen molar-refractivity contribution in [3.63, 3.8) is 0 Å². The predicted octanol–water partition coefficient (Wildman–Crippen LogP) is 5.55. The summed E-state index contributed by atoms with van der Waals surface area (Å²) >= 11 is 6.32. The molecule has 0 atom stereocenters. The smallest absolute Gasteiger partial charge is 0.147 e. The average molecular weight is 430 g/mol. The maximum absolute atomic E-state index is 6.32. The fourth-order valence-corrected chi connectivity index (χ4v) is 3.68. The molecule has 0 aliphatic carbocycles. The molecule has 0 saturated carbocycles. The first-order valence-corrected chi connectivity index (χ1v) is 9.85. The van der Waals surface area contributed by atoms with Gasteiger partial charge < -0.3 is 10.2 Å². The molecule has 29 heavy (non-hydrogen) atoms. The zero-order valence-electron chi connectivity index (χ0n) is 16.8. The molecule has 7 heteroatoms. The number of nitrogens with zero attached hydrogens (tertiary/aromatic N) is 4. The van der Waals surface area contributed by atoms with Crippen LogP contribution in [0.1, 0.15) is 37.6 Å². The third kappa shape index (κ3) is 4.62. The molecule has 3 heterocycles. The number of benzene rings is 1. The molecule has 2 aromatic heterocycles. The summed E-state index contributed by atoms with van der Waals surface area (Å²) in [5.41, 5.74) is 4.65. The second-order valence-corrected chi connectivity index (χ2v) is 8.49. The Bertz CT molecular complexity index is 983. The molecule has 0 amide bonds. The molecule has 152 valence electrons. The Morgan fingerprint density at radius 3 is 2.48 bits per heavy atom. The number of hydrogen-bond donors (Lipinski definition) is 1. The number of rotatable bonds is 3. The minimum atomic E-state index is 0. The molecular weight excluding hydrogens is 405 g/mol. The number of nitrogens with one attached hydrogen (secondary N) is 1. The van der Waals surface area contributed by atoms with Crippen molar-refractivity contribution in [3.05, 3.63) is 70.8 Å². The van der Waals surface area contributed by atoms with Crippen molar-refractivity contribution in [1.29, 1.82) is 0 Å². The van der Waals surface area contributed by atoms with E-state index in [9.17, 15) is 0 Å². The largest absolute Gasteiger partial charge is 0.349 e. The van der Waals surface area contributed by atoms with Crippen molar-refractivity contribution in [2.24, 2.45) is 0 Å². The van der Waals surface area contributed by atoms with E-state index in [-0.39, 0.29) is 17.8 Å². The number of halogens is 2. The van der Waals surface area contributed by atoms with E-state index >= 15 is 0 Å². The molecule has 0 saturated heterocycles. The maximum atomic E-state index is 6.32. The maximum Gasteiger partial charge on any atom is 0.147 e. The highest BCUT2D eigenvalue weighted by atomic mass is 35.5. The monoisotopic (exact) mass is 429 g/mol. The van der Waals surface area contributed by atoms with Crippen LogP contribution >= 0.6 is 24.0 Å². The lowest BCUT2D eigenvalue weighted by Gasteiger charge is -2.30. The van der Waals surface area contributed by atoms with Crippen molar-refractivity contribution in [2.45, 2.75) is 39.2 Å². The molecule has 4 rings (SSSR count). The van der Waals surface area contributed by atoms with E-state index < -0.39 is 0 Å². The summed E-state index contributed by atoms with van der Waals surface area (Å²) in [6.45, 7) is 8.16. The van der Waals surface area contributed by atoms with E-state index in [1.807, 2.05) is 12.1 Å². The number of pyridine rings is 1. The molecule has 5 nitrogen and oxygen atoms in total. The van der Waals surface area contributed by atoms with Crippen LogP contribution in [0.4, 0.5) is 17.3 Å². The summed E-state index contributed by atoms with van der Waals surface area (Å²) in [7, 11) is 0. The fraction of sp³-hybridized carbons (Fsp3) is 0.318. The van der Waals surface area contributed by atoms with Gasteiger partial charge in [0.25, 0.3) is 0 Å². The molecule has 0 fully saturated rings. The van der Waals surface area contributed by atoms with E-state index in [1.54, 1.807) is 12.5 Å². The quantitative estimate of drug-likeness (QED) is 0.591. The van der Waals surface area contributed by atoms with E-state index in [0.717, 1.165) is 41.5 Å². The fourth-order valence-electron chi connectivity index (χ4n) is 3.44. The van der Waals surface area contributed by atoms with Crippen molar-refractivity contribution in [1.82, 2.24) is 15.0 Å². The third-order valence-electron chi connectivity index (χ3n) is 5.06. The average Bonchev–Trinajstić information content (AvgIpc) is 2.68. The van der Waals surface area contributed by atoms with Crippen LogP contribution in [0.3, 0.4) is 0 Å². The molecule has 0 radical (unpaired) electrons.